The lowest BCUT2D eigenvalue weighted by atomic mass is 9.73. The number of carbonyl (C=O) groups excluding carboxylic acids is 1. The quantitative estimate of drug-likeness (QED) is 0.226. The summed E-state index contributed by atoms with van der Waals surface area (Å²) in [6, 6.07) is 21.1. The van der Waals surface area contributed by atoms with Crippen LogP contribution >= 0.6 is 0 Å². The molecule has 0 aromatic heterocycles. The number of aliphatic hydroxyl groups excluding tert-OH is 1. The minimum Gasteiger partial charge on any atom is -0.506 e. The van der Waals surface area contributed by atoms with Crippen molar-refractivity contribution in [2.24, 2.45) is 28.7 Å². The number of ketones is 1. The lowest BCUT2D eigenvalue weighted by Gasteiger charge is -2.58. The maximum atomic E-state index is 14.3. The van der Waals surface area contributed by atoms with E-state index in [9.17, 15) is 9.90 Å². The largest absolute Gasteiger partial charge is 0.506 e. The SMILES string of the molecule is CC1CC(C)CC2(C1)N=c1cccc3/c(=C4/C(=O)C(c5ccc6c7c(cccc57)N(C)C5(CC(C)CC(C)C5)N6C)=C4O)ccc(c13)N2C. The van der Waals surface area contributed by atoms with Crippen LogP contribution in [0.25, 0.3) is 32.7 Å². The highest BCUT2D eigenvalue weighted by Crippen LogP contribution is 2.53. The number of Topliss-reactive ketones (excluding diaryl/α,β-unsaturated/α-hetero) is 1. The van der Waals surface area contributed by atoms with Gasteiger partial charge in [-0.3, -0.25) is 9.79 Å². The van der Waals surface area contributed by atoms with E-state index in [-0.39, 0.29) is 22.9 Å². The average Bonchev–Trinajstić information content (AvgIpc) is 3.05. The fraction of sp³-hybridized carbons (Fsp3) is 0.442. The van der Waals surface area contributed by atoms with Crippen LogP contribution in [-0.2, 0) is 4.79 Å². The predicted molar refractivity (Wildman–Crippen MR) is 202 cm³/mol. The fourth-order valence-corrected chi connectivity index (χ4v) is 11.2. The predicted octanol–water partition coefficient (Wildman–Crippen LogP) is 7.96. The van der Waals surface area contributed by atoms with E-state index in [1.807, 2.05) is 12.1 Å². The third-order valence-corrected chi connectivity index (χ3v) is 13.1. The summed E-state index contributed by atoms with van der Waals surface area (Å²) in [6.45, 7) is 9.46. The highest BCUT2D eigenvalue weighted by molar-refractivity contribution is 6.53. The minimum atomic E-state index is -0.252. The van der Waals surface area contributed by atoms with Crippen molar-refractivity contribution in [1.29, 1.82) is 0 Å². The van der Waals surface area contributed by atoms with E-state index < -0.39 is 0 Å². The van der Waals surface area contributed by atoms with Gasteiger partial charge in [-0.1, -0.05) is 64.1 Å². The number of allylic oxidation sites excluding steroid dienone is 2. The zero-order valence-electron chi connectivity index (χ0n) is 30.0. The summed E-state index contributed by atoms with van der Waals surface area (Å²) in [6.07, 6.45) is 6.79. The van der Waals surface area contributed by atoms with E-state index in [0.29, 0.717) is 34.8 Å². The van der Waals surface area contributed by atoms with Crippen molar-refractivity contribution in [2.45, 2.75) is 77.5 Å². The highest BCUT2D eigenvalue weighted by atomic mass is 16.3. The van der Waals surface area contributed by atoms with Gasteiger partial charge in [0, 0.05) is 49.0 Å². The number of nitrogens with zero attached hydrogens (tertiary/aromatic N) is 4. The van der Waals surface area contributed by atoms with Crippen LogP contribution < -0.4 is 25.3 Å². The number of carbonyl (C=O) groups is 1. The molecule has 4 aromatic carbocycles. The van der Waals surface area contributed by atoms with Crippen LogP contribution in [0.2, 0.25) is 0 Å². The van der Waals surface area contributed by atoms with Crippen molar-refractivity contribution in [3.8, 4) is 0 Å². The molecule has 4 aromatic rings. The van der Waals surface area contributed by atoms with Gasteiger partial charge in [0.25, 0.3) is 0 Å². The molecule has 2 saturated carbocycles. The lowest BCUT2D eigenvalue weighted by Crippen LogP contribution is -2.63. The molecule has 2 fully saturated rings. The third-order valence-electron chi connectivity index (χ3n) is 13.1. The Morgan fingerprint density at radius 3 is 1.90 bits per heavy atom. The lowest BCUT2D eigenvalue weighted by molar-refractivity contribution is -0.109. The van der Waals surface area contributed by atoms with Gasteiger partial charge >= 0.3 is 0 Å². The highest BCUT2D eigenvalue weighted by Gasteiger charge is 2.49. The Hall–Kier alpha value is -4.32. The number of hydrogen-bond donors (Lipinski definition) is 1. The topological polar surface area (TPSA) is 59.4 Å². The summed E-state index contributed by atoms with van der Waals surface area (Å²) in [5, 5.41) is 17.8. The Morgan fingerprint density at radius 2 is 1.22 bits per heavy atom. The molecule has 3 aliphatic carbocycles. The Bertz CT molecular complexity index is 2230. The van der Waals surface area contributed by atoms with Crippen LogP contribution in [0.4, 0.5) is 17.1 Å². The second-order valence-corrected chi connectivity index (χ2v) is 16.6. The summed E-state index contributed by atoms with van der Waals surface area (Å²) in [4.78, 5) is 27.1. The first-order valence-corrected chi connectivity index (χ1v) is 18.4. The summed E-state index contributed by atoms with van der Waals surface area (Å²) >= 11 is 0. The molecule has 2 aliphatic heterocycles. The summed E-state index contributed by atoms with van der Waals surface area (Å²) in [7, 11) is 6.66. The van der Waals surface area contributed by atoms with E-state index in [1.165, 1.54) is 24.2 Å². The Labute approximate surface area is 289 Å². The van der Waals surface area contributed by atoms with Crippen LogP contribution in [0.3, 0.4) is 0 Å². The van der Waals surface area contributed by atoms with E-state index >= 15 is 0 Å². The van der Waals surface area contributed by atoms with E-state index in [0.717, 1.165) is 69.1 Å². The molecule has 5 aliphatic rings. The van der Waals surface area contributed by atoms with Crippen molar-refractivity contribution in [3.63, 3.8) is 0 Å². The Kier molecular flexibility index (Phi) is 6.49. The molecule has 0 saturated heterocycles. The Balaban J connectivity index is 1.19. The molecule has 6 heteroatoms. The van der Waals surface area contributed by atoms with Gasteiger partial charge < -0.3 is 19.8 Å². The summed E-state index contributed by atoms with van der Waals surface area (Å²) in [5.74, 6) is 2.48. The zero-order chi connectivity index (χ0) is 34.1. The Morgan fingerprint density at radius 1 is 0.653 bits per heavy atom. The van der Waals surface area contributed by atoms with Crippen molar-refractivity contribution >= 4 is 55.5 Å². The van der Waals surface area contributed by atoms with Crippen LogP contribution in [0, 0.1) is 23.7 Å². The summed E-state index contributed by atoms with van der Waals surface area (Å²) < 4.78 is 0. The molecule has 49 heavy (non-hydrogen) atoms. The van der Waals surface area contributed by atoms with Gasteiger partial charge in [-0.25, -0.2) is 0 Å². The molecule has 6 nitrogen and oxygen atoms in total. The van der Waals surface area contributed by atoms with Gasteiger partial charge in [-0.2, -0.15) is 0 Å². The molecule has 252 valence electrons. The van der Waals surface area contributed by atoms with Gasteiger partial charge in [0.15, 0.2) is 0 Å². The fourth-order valence-electron chi connectivity index (χ4n) is 11.2. The number of benzene rings is 4. The maximum absolute atomic E-state index is 14.3. The summed E-state index contributed by atoms with van der Waals surface area (Å²) in [5.41, 5.74) is 4.82. The standard InChI is InChI=1S/C43H48N4O2/c1-24-18-25(2)21-42(20-24)44-32-12-8-10-28-30(14-16-34(36(28)32)45(42)5)38-40(48)39(41(38)49)31-15-17-35-37-29(31)11-9-13-33(37)46(6)43(47(35)7)22-26(3)19-27(4)23-43/h8-17,24-27,48H,18-23H2,1-7H3/b38-30+. The second kappa shape index (κ2) is 10.3. The average molecular weight is 653 g/mol. The molecular weight excluding hydrogens is 604 g/mol. The number of aliphatic hydroxyl groups is 1. The van der Waals surface area contributed by atoms with Gasteiger partial charge in [0.2, 0.25) is 5.78 Å². The number of hydrogen-bond acceptors (Lipinski definition) is 6. The molecular formula is C43H48N4O2. The molecule has 0 bridgehead atoms. The second-order valence-electron chi connectivity index (χ2n) is 16.6. The molecule has 4 atom stereocenters. The van der Waals surface area contributed by atoms with Crippen LogP contribution in [0.1, 0.15) is 71.8 Å². The van der Waals surface area contributed by atoms with Crippen molar-refractivity contribution in [1.82, 2.24) is 0 Å². The first kappa shape index (κ1) is 30.7. The van der Waals surface area contributed by atoms with Gasteiger partial charge in [0.1, 0.15) is 17.1 Å². The molecule has 1 N–H and O–H groups in total. The van der Waals surface area contributed by atoms with Crippen LogP contribution in [0.5, 0.6) is 0 Å². The molecule has 2 spiro atoms. The zero-order valence-corrected chi connectivity index (χ0v) is 30.0. The smallest absolute Gasteiger partial charge is 0.201 e. The number of rotatable bonds is 1. The van der Waals surface area contributed by atoms with Crippen molar-refractivity contribution in [3.05, 3.63) is 82.6 Å². The maximum Gasteiger partial charge on any atom is 0.201 e. The van der Waals surface area contributed by atoms with Crippen LogP contribution in [-0.4, -0.2) is 43.4 Å². The van der Waals surface area contributed by atoms with E-state index in [4.69, 9.17) is 4.99 Å². The molecule has 0 amide bonds. The normalized spacial score (nSPS) is 32.0. The first-order chi connectivity index (χ1) is 23.4. The van der Waals surface area contributed by atoms with Gasteiger partial charge in [0.05, 0.1) is 16.5 Å². The number of anilines is 3. The monoisotopic (exact) mass is 652 g/mol. The first-order valence-electron chi connectivity index (χ1n) is 18.4. The molecule has 0 radical (unpaired) electrons. The van der Waals surface area contributed by atoms with Gasteiger partial charge in [-0.15, -0.1) is 0 Å². The minimum absolute atomic E-state index is 0.0860. The molecule has 4 unspecified atom stereocenters. The molecule has 2 heterocycles. The third kappa shape index (κ3) is 4.06. The van der Waals surface area contributed by atoms with Crippen LogP contribution in [0.15, 0.2) is 71.4 Å². The molecule has 9 rings (SSSR count). The van der Waals surface area contributed by atoms with E-state index in [2.05, 4.69) is 112 Å². The van der Waals surface area contributed by atoms with Crippen molar-refractivity contribution in [2.75, 3.05) is 35.8 Å². The van der Waals surface area contributed by atoms with Crippen molar-refractivity contribution < 1.29 is 9.90 Å². The van der Waals surface area contributed by atoms with Gasteiger partial charge in [-0.05, 0) is 108 Å². The van der Waals surface area contributed by atoms with E-state index in [1.54, 1.807) is 0 Å².